The van der Waals surface area contributed by atoms with Gasteiger partial charge in [-0.3, -0.25) is 4.79 Å². The predicted octanol–water partition coefficient (Wildman–Crippen LogP) is 3.69. The molecule has 0 aromatic heterocycles. The Balaban J connectivity index is 0.00000121. The highest BCUT2D eigenvalue weighted by molar-refractivity contribution is 6.18. The fourth-order valence-electron chi connectivity index (χ4n) is 1.51. The smallest absolute Gasteiger partial charge is 0.252 e. The average Bonchev–Trinajstić information content (AvgIpc) is 2.31. The molecule has 1 rings (SSSR count). The second-order valence-electron chi connectivity index (χ2n) is 3.80. The Hall–Kier alpha value is -1.02. The number of nitrogens with one attached hydrogen (secondary N) is 1. The molecule has 1 aromatic rings. The molecule has 1 atom stereocenters. The number of aryl methyl sites for hydroxylation is 2. The van der Waals surface area contributed by atoms with Gasteiger partial charge in [0, 0.05) is 17.5 Å². The molecule has 1 aromatic carbocycles. The van der Waals surface area contributed by atoms with Crippen molar-refractivity contribution in [2.24, 2.45) is 0 Å². The van der Waals surface area contributed by atoms with Crippen molar-refractivity contribution in [1.82, 2.24) is 5.32 Å². The lowest BCUT2D eigenvalue weighted by Gasteiger charge is -2.13. The third-order valence-electron chi connectivity index (χ3n) is 2.32. The van der Waals surface area contributed by atoms with Crippen molar-refractivity contribution in [2.45, 2.75) is 40.7 Å². The van der Waals surface area contributed by atoms with Gasteiger partial charge in [-0.15, -0.1) is 11.6 Å². The van der Waals surface area contributed by atoms with Crippen LogP contribution in [0, 0.1) is 13.8 Å². The molecule has 0 heterocycles. The Morgan fingerprint density at radius 3 is 2.18 bits per heavy atom. The number of amides is 1. The van der Waals surface area contributed by atoms with Gasteiger partial charge in [-0.05, 0) is 31.9 Å². The molecule has 0 aliphatic heterocycles. The van der Waals surface area contributed by atoms with E-state index in [1.54, 1.807) is 0 Å². The van der Waals surface area contributed by atoms with E-state index >= 15 is 0 Å². The highest BCUT2D eigenvalue weighted by atomic mass is 35.5. The van der Waals surface area contributed by atoms with E-state index in [4.69, 9.17) is 11.6 Å². The first kappa shape index (κ1) is 16.0. The Kier molecular flexibility index (Phi) is 7.64. The van der Waals surface area contributed by atoms with E-state index < -0.39 is 0 Å². The summed E-state index contributed by atoms with van der Waals surface area (Å²) >= 11 is 5.65. The number of benzene rings is 1. The minimum absolute atomic E-state index is 0.00169. The molecule has 0 saturated heterocycles. The number of carbonyl (C=O) groups is 1. The van der Waals surface area contributed by atoms with Crippen LogP contribution in [0.1, 0.15) is 42.3 Å². The Morgan fingerprint density at radius 1 is 1.29 bits per heavy atom. The van der Waals surface area contributed by atoms with Crippen molar-refractivity contribution in [3.63, 3.8) is 0 Å². The van der Waals surface area contributed by atoms with Crippen molar-refractivity contribution in [2.75, 3.05) is 5.88 Å². The van der Waals surface area contributed by atoms with Crippen LogP contribution in [0.4, 0.5) is 0 Å². The highest BCUT2D eigenvalue weighted by Gasteiger charge is 2.13. The monoisotopic (exact) mass is 255 g/mol. The first-order valence-corrected chi connectivity index (χ1v) is 6.52. The zero-order valence-electron chi connectivity index (χ0n) is 11.3. The quantitative estimate of drug-likeness (QED) is 0.820. The highest BCUT2D eigenvalue weighted by Crippen LogP contribution is 2.13. The van der Waals surface area contributed by atoms with Crippen LogP contribution in [0.2, 0.25) is 0 Å². The molecule has 17 heavy (non-hydrogen) atoms. The van der Waals surface area contributed by atoms with Crippen molar-refractivity contribution in [3.05, 3.63) is 34.9 Å². The summed E-state index contributed by atoms with van der Waals surface area (Å²) in [6.07, 6.45) is 0. The van der Waals surface area contributed by atoms with Crippen molar-refractivity contribution >= 4 is 17.5 Å². The molecule has 0 saturated carbocycles. The molecule has 1 amide bonds. The molecule has 1 unspecified atom stereocenters. The number of carbonyl (C=O) groups excluding carboxylic acids is 1. The molecule has 3 heteroatoms. The summed E-state index contributed by atoms with van der Waals surface area (Å²) in [6, 6.07) is 5.82. The van der Waals surface area contributed by atoms with E-state index in [1.165, 1.54) is 0 Å². The summed E-state index contributed by atoms with van der Waals surface area (Å²) in [5.74, 6) is 0.384. The molecule has 0 aliphatic rings. The molecule has 0 radical (unpaired) electrons. The lowest BCUT2D eigenvalue weighted by atomic mass is 10.0. The molecule has 0 aliphatic carbocycles. The van der Waals surface area contributed by atoms with Gasteiger partial charge in [-0.25, -0.2) is 0 Å². The summed E-state index contributed by atoms with van der Waals surface area (Å²) in [7, 11) is 0. The second kappa shape index (κ2) is 8.13. The van der Waals surface area contributed by atoms with Gasteiger partial charge in [0.05, 0.1) is 0 Å². The Labute approximate surface area is 109 Å². The molecular formula is C14H22ClNO. The fraction of sp³-hybridized carbons (Fsp3) is 0.500. The fourth-order valence-corrected chi connectivity index (χ4v) is 1.58. The largest absolute Gasteiger partial charge is 0.348 e. The van der Waals surface area contributed by atoms with Gasteiger partial charge < -0.3 is 5.32 Å². The Morgan fingerprint density at radius 2 is 1.76 bits per heavy atom. The SMILES string of the molecule is CC.Cc1cccc(C)c1C(=O)NC(C)CCl. The zero-order valence-corrected chi connectivity index (χ0v) is 12.1. The summed E-state index contributed by atoms with van der Waals surface area (Å²) in [5.41, 5.74) is 2.75. The van der Waals surface area contributed by atoms with Crippen molar-refractivity contribution in [1.29, 1.82) is 0 Å². The van der Waals surface area contributed by atoms with E-state index in [1.807, 2.05) is 52.8 Å². The first-order valence-electron chi connectivity index (χ1n) is 5.99. The normalized spacial score (nSPS) is 11.2. The van der Waals surface area contributed by atoms with Gasteiger partial charge in [-0.2, -0.15) is 0 Å². The van der Waals surface area contributed by atoms with E-state index in [9.17, 15) is 4.79 Å². The molecule has 96 valence electrons. The van der Waals surface area contributed by atoms with Crippen LogP contribution in [0.3, 0.4) is 0 Å². The van der Waals surface area contributed by atoms with E-state index in [0.29, 0.717) is 5.88 Å². The van der Waals surface area contributed by atoms with Gasteiger partial charge in [0.1, 0.15) is 0 Å². The summed E-state index contributed by atoms with van der Waals surface area (Å²) < 4.78 is 0. The lowest BCUT2D eigenvalue weighted by molar-refractivity contribution is 0.0942. The van der Waals surface area contributed by atoms with Crippen LogP contribution in [0.5, 0.6) is 0 Å². The minimum Gasteiger partial charge on any atom is -0.348 e. The number of hydrogen-bond donors (Lipinski definition) is 1. The van der Waals surface area contributed by atoms with Crippen LogP contribution in [-0.4, -0.2) is 17.8 Å². The van der Waals surface area contributed by atoms with Crippen molar-refractivity contribution < 1.29 is 4.79 Å². The van der Waals surface area contributed by atoms with Crippen LogP contribution < -0.4 is 5.32 Å². The maximum Gasteiger partial charge on any atom is 0.252 e. The van der Waals surface area contributed by atoms with E-state index in [2.05, 4.69) is 5.32 Å². The molecule has 2 nitrogen and oxygen atoms in total. The number of halogens is 1. The predicted molar refractivity (Wildman–Crippen MR) is 74.9 cm³/mol. The summed E-state index contributed by atoms with van der Waals surface area (Å²) in [4.78, 5) is 11.9. The molecule has 1 N–H and O–H groups in total. The second-order valence-corrected chi connectivity index (χ2v) is 4.10. The standard InChI is InChI=1S/C12H16ClNO.C2H6/c1-8-5-4-6-9(2)11(8)12(15)14-10(3)7-13;1-2/h4-6,10H,7H2,1-3H3,(H,14,15);1-2H3. The third kappa shape index (κ3) is 4.78. The topological polar surface area (TPSA) is 29.1 Å². The molecule has 0 fully saturated rings. The first-order chi connectivity index (χ1) is 8.06. The van der Waals surface area contributed by atoms with Crippen molar-refractivity contribution in [3.8, 4) is 0 Å². The van der Waals surface area contributed by atoms with Crippen LogP contribution in [0.15, 0.2) is 18.2 Å². The summed E-state index contributed by atoms with van der Waals surface area (Å²) in [6.45, 7) is 9.76. The van der Waals surface area contributed by atoms with Crippen LogP contribution in [0.25, 0.3) is 0 Å². The van der Waals surface area contributed by atoms with E-state index in [-0.39, 0.29) is 11.9 Å². The number of hydrogen-bond acceptors (Lipinski definition) is 1. The number of rotatable bonds is 3. The number of alkyl halides is 1. The van der Waals surface area contributed by atoms with Gasteiger partial charge >= 0.3 is 0 Å². The van der Waals surface area contributed by atoms with E-state index in [0.717, 1.165) is 16.7 Å². The molecule has 0 spiro atoms. The minimum atomic E-state index is -0.0428. The summed E-state index contributed by atoms with van der Waals surface area (Å²) in [5, 5.41) is 2.86. The molecule has 0 bridgehead atoms. The Bertz CT molecular complexity index is 343. The van der Waals surface area contributed by atoms with Gasteiger partial charge in [0.15, 0.2) is 0 Å². The lowest BCUT2D eigenvalue weighted by Crippen LogP contribution is -2.34. The zero-order chi connectivity index (χ0) is 13.4. The maximum atomic E-state index is 11.9. The average molecular weight is 256 g/mol. The maximum absolute atomic E-state index is 11.9. The van der Waals surface area contributed by atoms with Crippen LogP contribution >= 0.6 is 11.6 Å². The van der Waals surface area contributed by atoms with Gasteiger partial charge in [0.25, 0.3) is 5.91 Å². The van der Waals surface area contributed by atoms with Gasteiger partial charge in [0.2, 0.25) is 0 Å². The van der Waals surface area contributed by atoms with Gasteiger partial charge in [-0.1, -0.05) is 32.0 Å². The molecular weight excluding hydrogens is 234 g/mol. The third-order valence-corrected chi connectivity index (χ3v) is 2.78. The van der Waals surface area contributed by atoms with Crippen LogP contribution in [-0.2, 0) is 0 Å².